The molecule has 2 aromatic heterocycles. The van der Waals surface area contributed by atoms with Crippen molar-refractivity contribution in [2.45, 2.75) is 25.2 Å². The first-order chi connectivity index (χ1) is 15.9. The van der Waals surface area contributed by atoms with Crippen LogP contribution in [-0.4, -0.2) is 51.7 Å². The summed E-state index contributed by atoms with van der Waals surface area (Å²) in [4.78, 5) is 24.2. The minimum Gasteiger partial charge on any atom is -0.473 e. The number of aromatic amines is 1. The quantitative estimate of drug-likeness (QED) is 0.322. The number of furan rings is 1. The molecule has 33 heavy (non-hydrogen) atoms. The average Bonchev–Trinajstić information content (AvgIpc) is 3.45. The van der Waals surface area contributed by atoms with E-state index in [2.05, 4.69) is 74.5 Å². The molecule has 2 aromatic carbocycles. The topological polar surface area (TPSA) is 107 Å². The molecule has 0 bridgehead atoms. The molecule has 0 saturated carbocycles. The van der Waals surface area contributed by atoms with Crippen molar-refractivity contribution in [1.82, 2.24) is 9.88 Å². The SMILES string of the molecule is Brc1ccc2[nH]cc(CCN3CCC(c4cccc5ccoc45)CC3)c2c1.O=C(O)C(=O)O. The number of likely N-dealkylation sites (tertiary alicyclic amines) is 1. The third-order valence-electron chi connectivity index (χ3n) is 6.15. The minimum absolute atomic E-state index is 0.611. The van der Waals surface area contributed by atoms with E-state index in [0.717, 1.165) is 36.1 Å². The average molecular weight is 513 g/mol. The molecule has 5 rings (SSSR count). The molecule has 1 aliphatic heterocycles. The molecule has 3 heterocycles. The van der Waals surface area contributed by atoms with Crippen molar-refractivity contribution in [3.8, 4) is 0 Å². The van der Waals surface area contributed by atoms with Crippen LogP contribution in [0.5, 0.6) is 0 Å². The van der Waals surface area contributed by atoms with Crippen LogP contribution in [0, 0.1) is 0 Å². The highest BCUT2D eigenvalue weighted by atomic mass is 79.9. The number of carbonyl (C=O) groups is 2. The van der Waals surface area contributed by atoms with Crippen molar-refractivity contribution in [3.05, 3.63) is 70.5 Å². The Hall–Kier alpha value is -3.10. The molecule has 1 aliphatic rings. The second-order valence-corrected chi connectivity index (χ2v) is 9.08. The van der Waals surface area contributed by atoms with Gasteiger partial charge in [-0.05, 0) is 73.7 Å². The minimum atomic E-state index is -1.82. The van der Waals surface area contributed by atoms with Crippen LogP contribution >= 0.6 is 15.9 Å². The molecular formula is C25H25BrN2O5. The van der Waals surface area contributed by atoms with E-state index in [1.54, 1.807) is 0 Å². The summed E-state index contributed by atoms with van der Waals surface area (Å²) >= 11 is 3.59. The van der Waals surface area contributed by atoms with Gasteiger partial charge in [-0.15, -0.1) is 0 Å². The second kappa shape index (κ2) is 10.2. The van der Waals surface area contributed by atoms with Crippen LogP contribution in [0.4, 0.5) is 0 Å². The smallest absolute Gasteiger partial charge is 0.414 e. The standard InChI is InChI=1S/C23H23BrN2O.C2H2O4/c24-19-4-5-22-21(14-19)18(15-25-22)8-12-26-10-6-16(7-11-26)20-3-1-2-17-9-13-27-23(17)20;3-1(4)2(5)6/h1-5,9,13-16,25H,6-8,10-12H2;(H,3,4)(H,5,6). The van der Waals surface area contributed by atoms with Crippen molar-refractivity contribution in [2.24, 2.45) is 0 Å². The molecule has 1 saturated heterocycles. The Bertz CT molecular complexity index is 1260. The Labute approximate surface area is 199 Å². The van der Waals surface area contributed by atoms with Gasteiger partial charge >= 0.3 is 11.9 Å². The lowest BCUT2D eigenvalue weighted by atomic mass is 9.88. The van der Waals surface area contributed by atoms with E-state index in [1.807, 2.05) is 6.26 Å². The number of nitrogens with one attached hydrogen (secondary N) is 1. The van der Waals surface area contributed by atoms with E-state index in [4.69, 9.17) is 24.2 Å². The Balaban J connectivity index is 0.000000385. The van der Waals surface area contributed by atoms with Gasteiger partial charge in [0.1, 0.15) is 5.58 Å². The normalized spacial score (nSPS) is 14.8. The molecule has 3 N–H and O–H groups in total. The summed E-state index contributed by atoms with van der Waals surface area (Å²) in [6, 6.07) is 15.1. The fourth-order valence-corrected chi connectivity index (χ4v) is 4.80. The number of nitrogens with zero attached hydrogens (tertiary/aromatic N) is 1. The molecule has 0 unspecified atom stereocenters. The number of rotatable bonds is 4. The number of H-pyrrole nitrogens is 1. The van der Waals surface area contributed by atoms with Crippen LogP contribution in [0.2, 0.25) is 0 Å². The first-order valence-electron chi connectivity index (χ1n) is 10.8. The first kappa shape index (κ1) is 23.1. The maximum Gasteiger partial charge on any atom is 0.414 e. The summed E-state index contributed by atoms with van der Waals surface area (Å²) in [5, 5.41) is 17.3. The summed E-state index contributed by atoms with van der Waals surface area (Å²) in [6.45, 7) is 3.44. The summed E-state index contributed by atoms with van der Waals surface area (Å²) in [6.07, 6.45) is 7.48. The monoisotopic (exact) mass is 512 g/mol. The lowest BCUT2D eigenvalue weighted by Gasteiger charge is -2.32. The largest absolute Gasteiger partial charge is 0.473 e. The maximum absolute atomic E-state index is 9.10. The highest BCUT2D eigenvalue weighted by Crippen LogP contribution is 2.33. The van der Waals surface area contributed by atoms with Gasteiger partial charge in [0.05, 0.1) is 6.26 Å². The molecule has 7 nitrogen and oxygen atoms in total. The maximum atomic E-state index is 9.10. The molecule has 0 spiro atoms. The number of halogens is 1. The van der Waals surface area contributed by atoms with Crippen molar-refractivity contribution in [1.29, 1.82) is 0 Å². The summed E-state index contributed by atoms with van der Waals surface area (Å²) < 4.78 is 6.90. The molecule has 0 radical (unpaired) electrons. The van der Waals surface area contributed by atoms with Gasteiger partial charge in [-0.2, -0.15) is 0 Å². The predicted octanol–water partition coefficient (Wildman–Crippen LogP) is 5.25. The predicted molar refractivity (Wildman–Crippen MR) is 130 cm³/mol. The Morgan fingerprint density at radius 3 is 2.58 bits per heavy atom. The summed E-state index contributed by atoms with van der Waals surface area (Å²) in [5.74, 6) is -3.04. The van der Waals surface area contributed by atoms with E-state index in [9.17, 15) is 0 Å². The first-order valence-corrected chi connectivity index (χ1v) is 11.6. The van der Waals surface area contributed by atoms with Crippen LogP contribution in [0.1, 0.15) is 29.9 Å². The molecule has 172 valence electrons. The van der Waals surface area contributed by atoms with Gasteiger partial charge in [0, 0.05) is 33.5 Å². The van der Waals surface area contributed by atoms with Gasteiger partial charge in [0.25, 0.3) is 0 Å². The number of fused-ring (bicyclic) bond motifs is 2. The van der Waals surface area contributed by atoms with Gasteiger partial charge in [-0.1, -0.05) is 34.1 Å². The van der Waals surface area contributed by atoms with Crippen LogP contribution in [0.15, 0.2) is 63.8 Å². The van der Waals surface area contributed by atoms with Gasteiger partial charge in [-0.25, -0.2) is 9.59 Å². The van der Waals surface area contributed by atoms with Crippen molar-refractivity contribution in [2.75, 3.05) is 19.6 Å². The molecule has 0 atom stereocenters. The van der Waals surface area contributed by atoms with Crippen molar-refractivity contribution < 1.29 is 24.2 Å². The van der Waals surface area contributed by atoms with E-state index in [0.29, 0.717) is 5.92 Å². The van der Waals surface area contributed by atoms with E-state index in [1.165, 1.54) is 40.3 Å². The molecule has 8 heteroatoms. The third kappa shape index (κ3) is 5.46. The number of aliphatic carboxylic acids is 2. The van der Waals surface area contributed by atoms with Gasteiger partial charge in [0.2, 0.25) is 0 Å². The lowest BCUT2D eigenvalue weighted by molar-refractivity contribution is -0.159. The number of carboxylic acid groups (broad SMARTS) is 2. The molecular weight excluding hydrogens is 488 g/mol. The lowest BCUT2D eigenvalue weighted by Crippen LogP contribution is -2.34. The van der Waals surface area contributed by atoms with E-state index >= 15 is 0 Å². The Morgan fingerprint density at radius 1 is 1.09 bits per heavy atom. The molecule has 4 aromatic rings. The number of hydrogen-bond acceptors (Lipinski definition) is 4. The number of aromatic nitrogens is 1. The van der Waals surface area contributed by atoms with Crippen LogP contribution < -0.4 is 0 Å². The summed E-state index contributed by atoms with van der Waals surface area (Å²) in [7, 11) is 0. The van der Waals surface area contributed by atoms with Gasteiger partial charge in [0.15, 0.2) is 0 Å². The number of piperidine rings is 1. The van der Waals surface area contributed by atoms with Crippen molar-refractivity contribution in [3.63, 3.8) is 0 Å². The molecule has 0 amide bonds. The number of para-hydroxylation sites is 1. The zero-order chi connectivity index (χ0) is 23.4. The molecule has 0 aliphatic carbocycles. The van der Waals surface area contributed by atoms with Crippen LogP contribution in [0.25, 0.3) is 21.9 Å². The van der Waals surface area contributed by atoms with Crippen molar-refractivity contribution >= 4 is 49.7 Å². The van der Waals surface area contributed by atoms with Crippen LogP contribution in [0.3, 0.4) is 0 Å². The summed E-state index contributed by atoms with van der Waals surface area (Å²) in [5.41, 5.74) is 5.10. The second-order valence-electron chi connectivity index (χ2n) is 8.17. The van der Waals surface area contributed by atoms with E-state index in [-0.39, 0.29) is 0 Å². The van der Waals surface area contributed by atoms with Gasteiger partial charge < -0.3 is 24.5 Å². The number of hydrogen-bond donors (Lipinski definition) is 3. The van der Waals surface area contributed by atoms with Gasteiger partial charge in [-0.3, -0.25) is 0 Å². The highest BCUT2D eigenvalue weighted by molar-refractivity contribution is 9.10. The zero-order valence-corrected chi connectivity index (χ0v) is 19.5. The number of carboxylic acids is 2. The Morgan fingerprint density at radius 2 is 1.85 bits per heavy atom. The number of benzene rings is 2. The molecule has 1 fully saturated rings. The third-order valence-corrected chi connectivity index (χ3v) is 6.64. The fraction of sp³-hybridized carbons (Fsp3) is 0.280. The Kier molecular flexibility index (Phi) is 7.15. The zero-order valence-electron chi connectivity index (χ0n) is 18.0. The van der Waals surface area contributed by atoms with Crippen LogP contribution in [-0.2, 0) is 16.0 Å². The highest BCUT2D eigenvalue weighted by Gasteiger charge is 2.23. The van der Waals surface area contributed by atoms with E-state index < -0.39 is 11.9 Å². The fourth-order valence-electron chi connectivity index (χ4n) is 4.44.